The van der Waals surface area contributed by atoms with Gasteiger partial charge >= 0.3 is 5.97 Å². The normalized spacial score (nSPS) is 17.8. The maximum Gasteiger partial charge on any atom is 0.302 e. The summed E-state index contributed by atoms with van der Waals surface area (Å²) in [6, 6.07) is 3.92. The Morgan fingerprint density at radius 3 is 1.89 bits per heavy atom. The molecule has 0 radical (unpaired) electrons. The van der Waals surface area contributed by atoms with Crippen molar-refractivity contribution < 1.29 is 23.8 Å². The fraction of sp³-hybridized carbons (Fsp3) is 0.524. The van der Waals surface area contributed by atoms with Gasteiger partial charge in [-0.3, -0.25) is 9.59 Å². The van der Waals surface area contributed by atoms with Crippen molar-refractivity contribution in [1.82, 2.24) is 0 Å². The van der Waals surface area contributed by atoms with Crippen LogP contribution < -0.4 is 9.80 Å². The summed E-state index contributed by atoms with van der Waals surface area (Å²) >= 11 is 0. The van der Waals surface area contributed by atoms with E-state index in [1.165, 1.54) is 6.92 Å². The van der Waals surface area contributed by atoms with Crippen LogP contribution in [0.5, 0.6) is 0 Å². The zero-order chi connectivity index (χ0) is 19.9. The van der Waals surface area contributed by atoms with Gasteiger partial charge in [0.25, 0.3) is 0 Å². The Bertz CT molecular complexity index is 695. The molecule has 0 atom stereocenters. The van der Waals surface area contributed by atoms with E-state index in [9.17, 15) is 9.59 Å². The Balaban J connectivity index is 2.03. The van der Waals surface area contributed by atoms with Crippen LogP contribution in [0.2, 0.25) is 0 Å². The summed E-state index contributed by atoms with van der Waals surface area (Å²) in [6.45, 7) is 8.94. The van der Waals surface area contributed by atoms with E-state index in [1.54, 1.807) is 6.92 Å². The van der Waals surface area contributed by atoms with Crippen LogP contribution in [0.4, 0.5) is 11.4 Å². The van der Waals surface area contributed by atoms with Crippen molar-refractivity contribution in [3.05, 3.63) is 29.3 Å². The van der Waals surface area contributed by atoms with Crippen molar-refractivity contribution in [2.75, 3.05) is 69.0 Å². The number of esters is 1. The first-order valence-corrected chi connectivity index (χ1v) is 9.70. The third-order valence-corrected chi connectivity index (χ3v) is 4.91. The molecule has 2 fully saturated rings. The van der Waals surface area contributed by atoms with E-state index in [1.807, 2.05) is 24.3 Å². The lowest BCUT2D eigenvalue weighted by molar-refractivity contribution is -0.139. The van der Waals surface area contributed by atoms with Crippen LogP contribution in [0.3, 0.4) is 0 Å². The molecule has 2 heterocycles. The van der Waals surface area contributed by atoms with Crippen LogP contribution in [0.1, 0.15) is 29.8 Å². The van der Waals surface area contributed by atoms with Gasteiger partial charge in [0.05, 0.1) is 26.4 Å². The maximum atomic E-state index is 12.2. The van der Waals surface area contributed by atoms with E-state index in [0.717, 1.165) is 43.1 Å². The highest BCUT2D eigenvalue weighted by atomic mass is 16.5. The van der Waals surface area contributed by atoms with Crippen molar-refractivity contribution >= 4 is 29.2 Å². The third-order valence-electron chi connectivity index (χ3n) is 4.91. The molecule has 152 valence electrons. The molecule has 2 saturated heterocycles. The highest BCUT2D eigenvalue weighted by Gasteiger charge is 2.22. The largest absolute Gasteiger partial charge is 0.462 e. The Hall–Kier alpha value is -2.38. The Labute approximate surface area is 165 Å². The number of ketones is 1. The predicted molar refractivity (Wildman–Crippen MR) is 108 cm³/mol. The number of carbonyl (C=O) groups excluding carboxylic acids is 2. The second-order valence-corrected chi connectivity index (χ2v) is 6.89. The van der Waals surface area contributed by atoms with Crippen LogP contribution in [-0.2, 0) is 19.0 Å². The molecule has 0 saturated carbocycles. The molecule has 0 bridgehead atoms. The van der Waals surface area contributed by atoms with Crippen molar-refractivity contribution in [1.29, 1.82) is 0 Å². The monoisotopic (exact) mass is 388 g/mol. The second kappa shape index (κ2) is 9.71. The highest BCUT2D eigenvalue weighted by molar-refractivity contribution is 5.98. The second-order valence-electron chi connectivity index (χ2n) is 6.89. The molecule has 0 unspecified atom stereocenters. The summed E-state index contributed by atoms with van der Waals surface area (Å²) in [5.41, 5.74) is 3.74. The molecule has 2 aliphatic rings. The van der Waals surface area contributed by atoms with Crippen molar-refractivity contribution in [2.24, 2.45) is 0 Å². The Kier molecular flexibility index (Phi) is 7.06. The van der Waals surface area contributed by atoms with Gasteiger partial charge in [-0.05, 0) is 25.1 Å². The molecule has 0 aromatic heterocycles. The van der Waals surface area contributed by atoms with E-state index in [4.69, 9.17) is 14.2 Å². The lowest BCUT2D eigenvalue weighted by Crippen LogP contribution is -2.39. The van der Waals surface area contributed by atoms with Gasteiger partial charge < -0.3 is 24.0 Å². The summed E-state index contributed by atoms with van der Waals surface area (Å²) < 4.78 is 16.0. The Morgan fingerprint density at radius 1 is 0.964 bits per heavy atom. The summed E-state index contributed by atoms with van der Waals surface area (Å²) in [6.07, 6.45) is 3.83. The van der Waals surface area contributed by atoms with Crippen LogP contribution in [-0.4, -0.2) is 71.0 Å². The standard InChI is InChI=1S/C21H28N2O5/c1-16(24)18-14-20(22-5-10-26-11-6-22)19(4-3-9-28-17(2)25)21(15-18)23-7-12-27-13-8-23/h3-4,14-15H,5-13H2,1-2H3/b4-3+. The minimum atomic E-state index is -0.307. The van der Waals surface area contributed by atoms with Gasteiger partial charge in [0.1, 0.15) is 6.61 Å². The number of nitrogens with zero attached hydrogens (tertiary/aromatic N) is 2. The minimum Gasteiger partial charge on any atom is -0.462 e. The van der Waals surface area contributed by atoms with Crippen molar-refractivity contribution in [2.45, 2.75) is 13.8 Å². The molecule has 28 heavy (non-hydrogen) atoms. The number of carbonyl (C=O) groups is 2. The molecule has 7 nitrogen and oxygen atoms in total. The van der Waals surface area contributed by atoms with Gasteiger partial charge in [-0.15, -0.1) is 0 Å². The smallest absolute Gasteiger partial charge is 0.302 e. The molecule has 7 heteroatoms. The van der Waals surface area contributed by atoms with Gasteiger partial charge in [-0.25, -0.2) is 0 Å². The lowest BCUT2D eigenvalue weighted by Gasteiger charge is -2.35. The van der Waals surface area contributed by atoms with Gasteiger partial charge in [0, 0.05) is 55.6 Å². The average Bonchev–Trinajstić information content (AvgIpc) is 2.72. The SMILES string of the molecule is CC(=O)OC/C=C/c1c(N2CCOCC2)cc(C(C)=O)cc1N1CCOCC1. The Morgan fingerprint density at radius 2 is 1.46 bits per heavy atom. The number of hydrogen-bond donors (Lipinski definition) is 0. The fourth-order valence-corrected chi connectivity index (χ4v) is 3.46. The van der Waals surface area contributed by atoms with Crippen LogP contribution >= 0.6 is 0 Å². The molecule has 2 aliphatic heterocycles. The van der Waals surface area contributed by atoms with Gasteiger partial charge in [0.15, 0.2) is 5.78 Å². The van der Waals surface area contributed by atoms with E-state index in [-0.39, 0.29) is 18.4 Å². The first-order chi connectivity index (χ1) is 13.6. The highest BCUT2D eigenvalue weighted by Crippen LogP contribution is 2.35. The number of anilines is 2. The fourth-order valence-electron chi connectivity index (χ4n) is 3.46. The maximum absolute atomic E-state index is 12.2. The molecule has 0 N–H and O–H groups in total. The molecule has 1 aromatic carbocycles. The van der Waals surface area contributed by atoms with E-state index < -0.39 is 0 Å². The molecule has 0 amide bonds. The van der Waals surface area contributed by atoms with Crippen LogP contribution in [0.15, 0.2) is 18.2 Å². The van der Waals surface area contributed by atoms with E-state index in [2.05, 4.69) is 9.80 Å². The number of benzene rings is 1. The summed E-state index contributed by atoms with van der Waals surface area (Å²) in [5.74, 6) is -0.266. The predicted octanol–water partition coefficient (Wildman–Crippen LogP) is 2.14. The number of rotatable bonds is 6. The molecule has 0 aliphatic carbocycles. The van der Waals surface area contributed by atoms with E-state index in [0.29, 0.717) is 32.0 Å². The number of Topliss-reactive ketones (excluding diaryl/α,β-unsaturated/α-hetero) is 1. The summed E-state index contributed by atoms with van der Waals surface area (Å²) in [7, 11) is 0. The molecule has 3 rings (SSSR count). The van der Waals surface area contributed by atoms with Crippen molar-refractivity contribution in [3.8, 4) is 0 Å². The van der Waals surface area contributed by atoms with Crippen LogP contribution in [0.25, 0.3) is 6.08 Å². The van der Waals surface area contributed by atoms with Gasteiger partial charge in [-0.1, -0.05) is 6.08 Å². The number of hydrogen-bond acceptors (Lipinski definition) is 7. The topological polar surface area (TPSA) is 68.3 Å². The quantitative estimate of drug-likeness (QED) is 0.546. The van der Waals surface area contributed by atoms with Gasteiger partial charge in [0.2, 0.25) is 0 Å². The molecule has 1 aromatic rings. The van der Waals surface area contributed by atoms with Gasteiger partial charge in [-0.2, -0.15) is 0 Å². The number of ether oxygens (including phenoxy) is 3. The van der Waals surface area contributed by atoms with E-state index >= 15 is 0 Å². The molecular formula is C21H28N2O5. The van der Waals surface area contributed by atoms with Crippen molar-refractivity contribution in [3.63, 3.8) is 0 Å². The summed E-state index contributed by atoms with van der Waals surface area (Å²) in [5, 5.41) is 0. The number of morpholine rings is 2. The third kappa shape index (κ3) is 5.11. The first kappa shape index (κ1) is 20.4. The van der Waals surface area contributed by atoms with Crippen LogP contribution in [0, 0.1) is 0 Å². The summed E-state index contributed by atoms with van der Waals surface area (Å²) in [4.78, 5) is 27.8. The zero-order valence-corrected chi connectivity index (χ0v) is 16.6. The molecule has 0 spiro atoms. The molecular weight excluding hydrogens is 360 g/mol. The average molecular weight is 388 g/mol. The minimum absolute atomic E-state index is 0.0412. The lowest BCUT2D eigenvalue weighted by atomic mass is 10.0. The zero-order valence-electron chi connectivity index (χ0n) is 16.6. The first-order valence-electron chi connectivity index (χ1n) is 9.70.